The number of likely N-dealkylation sites (tertiary alicyclic amines) is 1. The predicted octanol–water partition coefficient (Wildman–Crippen LogP) is 4.14. The van der Waals surface area contributed by atoms with Crippen LogP contribution in [0.5, 0.6) is 5.75 Å². The SMILES string of the molecule is COC[C@@H]1CCCN1C(=O)c1cc(Cl)cnc1NCC(=O)N1C2CCC1CC(Oc1ccc(F)cc1)C2. The largest absolute Gasteiger partial charge is 0.490 e. The molecule has 2 bridgehead atoms. The molecular formula is C27H32ClFN4O4. The molecule has 1 N–H and O–H groups in total. The fourth-order valence-electron chi connectivity index (χ4n) is 5.95. The van der Waals surface area contributed by atoms with Crippen LogP contribution < -0.4 is 10.1 Å². The number of carbonyl (C=O) groups excluding carboxylic acids is 2. The van der Waals surface area contributed by atoms with E-state index in [0.29, 0.717) is 35.3 Å². The molecule has 3 fully saturated rings. The van der Waals surface area contributed by atoms with Gasteiger partial charge < -0.3 is 24.6 Å². The van der Waals surface area contributed by atoms with Gasteiger partial charge in [0, 0.05) is 44.8 Å². The van der Waals surface area contributed by atoms with Crippen LogP contribution in [-0.2, 0) is 9.53 Å². The number of hydrogen-bond acceptors (Lipinski definition) is 6. The summed E-state index contributed by atoms with van der Waals surface area (Å²) in [5.74, 6) is 0.511. The average Bonchev–Trinajstić information content (AvgIpc) is 3.46. The minimum Gasteiger partial charge on any atom is -0.490 e. The van der Waals surface area contributed by atoms with E-state index in [0.717, 1.165) is 38.5 Å². The number of hydrogen-bond donors (Lipinski definition) is 1. The summed E-state index contributed by atoms with van der Waals surface area (Å²) in [4.78, 5) is 34.8. The van der Waals surface area contributed by atoms with E-state index in [2.05, 4.69) is 10.3 Å². The lowest BCUT2D eigenvalue weighted by molar-refractivity contribution is -0.135. The Morgan fingerprint density at radius 1 is 1.16 bits per heavy atom. The molecule has 37 heavy (non-hydrogen) atoms. The van der Waals surface area contributed by atoms with Crippen LogP contribution >= 0.6 is 11.6 Å². The maximum atomic E-state index is 13.4. The molecule has 3 aliphatic heterocycles. The van der Waals surface area contributed by atoms with Crippen LogP contribution in [0.15, 0.2) is 36.5 Å². The quantitative estimate of drug-likeness (QED) is 0.552. The number of halogens is 2. The maximum Gasteiger partial charge on any atom is 0.257 e. The van der Waals surface area contributed by atoms with E-state index in [1.807, 2.05) is 4.90 Å². The molecule has 0 spiro atoms. The molecule has 198 valence electrons. The first-order chi connectivity index (χ1) is 17.9. The number of pyridine rings is 1. The average molecular weight is 531 g/mol. The first-order valence-electron chi connectivity index (χ1n) is 12.9. The van der Waals surface area contributed by atoms with Gasteiger partial charge in [-0.2, -0.15) is 0 Å². The number of methoxy groups -OCH3 is 1. The number of benzene rings is 1. The molecule has 1 aromatic heterocycles. The smallest absolute Gasteiger partial charge is 0.257 e. The summed E-state index contributed by atoms with van der Waals surface area (Å²) >= 11 is 6.18. The van der Waals surface area contributed by atoms with Crippen LogP contribution in [0, 0.1) is 5.82 Å². The van der Waals surface area contributed by atoms with Crippen molar-refractivity contribution in [1.82, 2.24) is 14.8 Å². The normalized spacial score (nSPS) is 24.8. The lowest BCUT2D eigenvalue weighted by atomic mass is 9.99. The highest BCUT2D eigenvalue weighted by atomic mass is 35.5. The van der Waals surface area contributed by atoms with Gasteiger partial charge in [-0.15, -0.1) is 0 Å². The second-order valence-electron chi connectivity index (χ2n) is 10.0. The summed E-state index contributed by atoms with van der Waals surface area (Å²) in [6.45, 7) is 1.16. The highest BCUT2D eigenvalue weighted by Crippen LogP contribution is 2.37. The van der Waals surface area contributed by atoms with Crippen LogP contribution in [0.2, 0.25) is 5.02 Å². The van der Waals surface area contributed by atoms with Crippen molar-refractivity contribution < 1.29 is 23.5 Å². The molecule has 3 saturated heterocycles. The van der Waals surface area contributed by atoms with E-state index in [4.69, 9.17) is 21.1 Å². The van der Waals surface area contributed by atoms with Crippen LogP contribution in [0.3, 0.4) is 0 Å². The summed E-state index contributed by atoms with van der Waals surface area (Å²) in [5.41, 5.74) is 0.359. The van der Waals surface area contributed by atoms with Gasteiger partial charge in [0.05, 0.1) is 29.8 Å². The second-order valence-corrected chi connectivity index (χ2v) is 10.4. The van der Waals surface area contributed by atoms with Gasteiger partial charge in [-0.1, -0.05) is 11.6 Å². The lowest BCUT2D eigenvalue weighted by Gasteiger charge is -2.39. The first kappa shape index (κ1) is 25.7. The number of fused-ring (bicyclic) bond motifs is 2. The third kappa shape index (κ3) is 5.67. The summed E-state index contributed by atoms with van der Waals surface area (Å²) in [6, 6.07) is 7.86. The van der Waals surface area contributed by atoms with Gasteiger partial charge >= 0.3 is 0 Å². The molecular weight excluding hydrogens is 499 g/mol. The molecule has 2 unspecified atom stereocenters. The van der Waals surface area contributed by atoms with Crippen molar-refractivity contribution in [3.8, 4) is 5.75 Å². The van der Waals surface area contributed by atoms with Gasteiger partial charge in [0.1, 0.15) is 23.5 Å². The zero-order valence-corrected chi connectivity index (χ0v) is 21.6. The fraction of sp³-hybridized carbons (Fsp3) is 0.519. The monoisotopic (exact) mass is 530 g/mol. The molecule has 3 atom stereocenters. The molecule has 0 saturated carbocycles. The van der Waals surface area contributed by atoms with Crippen molar-refractivity contribution in [2.24, 2.45) is 0 Å². The first-order valence-corrected chi connectivity index (χ1v) is 13.2. The molecule has 0 radical (unpaired) electrons. The van der Waals surface area contributed by atoms with E-state index in [9.17, 15) is 14.0 Å². The third-order valence-electron chi connectivity index (χ3n) is 7.58. The van der Waals surface area contributed by atoms with Crippen LogP contribution in [0.1, 0.15) is 48.9 Å². The highest BCUT2D eigenvalue weighted by Gasteiger charge is 2.44. The molecule has 2 aromatic rings. The van der Waals surface area contributed by atoms with Crippen molar-refractivity contribution in [3.05, 3.63) is 52.9 Å². The minimum absolute atomic E-state index is 0.0115. The van der Waals surface area contributed by atoms with Crippen molar-refractivity contribution in [2.75, 3.05) is 32.1 Å². The highest BCUT2D eigenvalue weighted by molar-refractivity contribution is 6.31. The molecule has 8 nitrogen and oxygen atoms in total. The van der Waals surface area contributed by atoms with Gasteiger partial charge in [-0.05, 0) is 56.0 Å². The van der Waals surface area contributed by atoms with Gasteiger partial charge in [-0.25, -0.2) is 9.37 Å². The number of rotatable bonds is 8. The standard InChI is InChI=1S/C27H32ClFN4O4/c1-36-16-21-3-2-10-32(21)27(35)24-11-17(28)14-30-26(24)31-15-25(34)33-19-6-7-20(33)13-23(12-19)37-22-8-4-18(29)5-9-22/h4-5,8-9,11,14,19-21,23H,2-3,6-7,10,12-13,15-16H2,1H3,(H,30,31)/t19?,20?,21-,23?/m0/s1. The molecule has 5 rings (SSSR count). The van der Waals surface area contributed by atoms with E-state index in [-0.39, 0.29) is 48.4 Å². The number of nitrogens with one attached hydrogen (secondary N) is 1. The summed E-state index contributed by atoms with van der Waals surface area (Å²) in [6.07, 6.45) is 6.59. The van der Waals surface area contributed by atoms with Crippen molar-refractivity contribution >= 4 is 29.2 Å². The Balaban J connectivity index is 1.22. The van der Waals surface area contributed by atoms with Gasteiger partial charge in [0.2, 0.25) is 5.91 Å². The van der Waals surface area contributed by atoms with Crippen LogP contribution in [0.4, 0.5) is 10.2 Å². The summed E-state index contributed by atoms with van der Waals surface area (Å²) in [7, 11) is 1.63. The zero-order chi connectivity index (χ0) is 25.9. The van der Waals surface area contributed by atoms with Gasteiger partial charge in [0.25, 0.3) is 5.91 Å². The van der Waals surface area contributed by atoms with Gasteiger partial charge in [-0.3, -0.25) is 9.59 Å². The van der Waals surface area contributed by atoms with Crippen LogP contribution in [-0.4, -0.2) is 77.6 Å². The van der Waals surface area contributed by atoms with Crippen molar-refractivity contribution in [2.45, 2.75) is 62.8 Å². The van der Waals surface area contributed by atoms with E-state index in [1.165, 1.54) is 18.3 Å². The Hall–Kier alpha value is -2.91. The molecule has 1 aromatic carbocycles. The Morgan fingerprint density at radius 2 is 1.89 bits per heavy atom. The molecule has 10 heteroatoms. The maximum absolute atomic E-state index is 13.4. The third-order valence-corrected chi connectivity index (χ3v) is 7.79. The number of carbonyl (C=O) groups is 2. The van der Waals surface area contributed by atoms with Crippen molar-refractivity contribution in [1.29, 1.82) is 0 Å². The molecule has 4 heterocycles. The predicted molar refractivity (Wildman–Crippen MR) is 137 cm³/mol. The lowest BCUT2D eigenvalue weighted by Crippen LogP contribution is -2.51. The number of piperidine rings is 1. The Bertz CT molecular complexity index is 1120. The Kier molecular flexibility index (Phi) is 7.81. The van der Waals surface area contributed by atoms with E-state index in [1.54, 1.807) is 30.2 Å². The summed E-state index contributed by atoms with van der Waals surface area (Å²) in [5, 5.41) is 3.47. The number of anilines is 1. The fourth-order valence-corrected chi connectivity index (χ4v) is 6.11. The van der Waals surface area contributed by atoms with Crippen molar-refractivity contribution in [3.63, 3.8) is 0 Å². The summed E-state index contributed by atoms with van der Waals surface area (Å²) < 4.78 is 24.6. The minimum atomic E-state index is -0.296. The Morgan fingerprint density at radius 3 is 2.59 bits per heavy atom. The Labute approximate surface area is 221 Å². The van der Waals surface area contributed by atoms with E-state index >= 15 is 0 Å². The van der Waals surface area contributed by atoms with E-state index < -0.39 is 0 Å². The second kappa shape index (κ2) is 11.2. The number of nitrogens with zero attached hydrogens (tertiary/aromatic N) is 3. The van der Waals surface area contributed by atoms with Gasteiger partial charge in [0.15, 0.2) is 0 Å². The molecule has 0 aliphatic carbocycles. The number of aromatic nitrogens is 1. The molecule has 2 amide bonds. The molecule has 3 aliphatic rings. The number of ether oxygens (including phenoxy) is 2. The topological polar surface area (TPSA) is 84.0 Å². The van der Waals surface area contributed by atoms with Crippen LogP contribution in [0.25, 0.3) is 0 Å². The number of amides is 2. The zero-order valence-electron chi connectivity index (χ0n) is 20.9.